The zero-order valence-electron chi connectivity index (χ0n) is 13.2. The summed E-state index contributed by atoms with van der Waals surface area (Å²) in [6, 6.07) is 10.3. The number of hydrogen-bond acceptors (Lipinski definition) is 3. The Hall–Kier alpha value is -1.67. The van der Waals surface area contributed by atoms with Crippen LogP contribution in [-0.4, -0.2) is 22.7 Å². The number of rotatable bonds is 2. The molecule has 24 heavy (non-hydrogen) atoms. The number of hydrogen-bond donors (Lipinski definition) is 2. The molecule has 0 saturated heterocycles. The van der Waals surface area contributed by atoms with E-state index in [2.05, 4.69) is 27.9 Å². The fourth-order valence-corrected chi connectivity index (χ4v) is 3.27. The molecule has 2 aromatic rings. The second kappa shape index (κ2) is 6.33. The molecule has 1 heterocycles. The molecule has 126 valence electrons. The highest BCUT2D eigenvalue weighted by Crippen LogP contribution is 2.40. The van der Waals surface area contributed by atoms with Gasteiger partial charge in [-0.05, 0) is 78.9 Å². The van der Waals surface area contributed by atoms with Crippen LogP contribution >= 0.6 is 22.6 Å². The molecule has 0 unspecified atom stereocenters. The normalized spacial score (nSPS) is 21.5. The van der Waals surface area contributed by atoms with Gasteiger partial charge in [0.05, 0.1) is 6.04 Å². The van der Waals surface area contributed by atoms with E-state index in [4.69, 9.17) is 4.74 Å². The van der Waals surface area contributed by atoms with Crippen molar-refractivity contribution in [2.75, 3.05) is 0 Å². The highest BCUT2D eigenvalue weighted by atomic mass is 127. The van der Waals surface area contributed by atoms with Crippen molar-refractivity contribution in [1.82, 2.24) is 5.32 Å². The number of benzene rings is 2. The number of halogens is 2. The lowest BCUT2D eigenvalue weighted by Crippen LogP contribution is -2.53. The first-order chi connectivity index (χ1) is 11.3. The Morgan fingerprint density at radius 2 is 1.92 bits per heavy atom. The third kappa shape index (κ3) is 3.25. The summed E-state index contributed by atoms with van der Waals surface area (Å²) in [7, 11) is 0. The molecule has 0 aromatic heterocycles. The lowest BCUT2D eigenvalue weighted by atomic mass is 9.86. The minimum atomic E-state index is -0.924. The van der Waals surface area contributed by atoms with Gasteiger partial charge in [-0.25, -0.2) is 4.39 Å². The molecule has 2 atom stereocenters. The second-order valence-corrected chi connectivity index (χ2v) is 7.54. The number of amides is 1. The van der Waals surface area contributed by atoms with E-state index < -0.39 is 23.6 Å². The van der Waals surface area contributed by atoms with Gasteiger partial charge in [0.1, 0.15) is 23.3 Å². The second-order valence-electron chi connectivity index (χ2n) is 6.29. The van der Waals surface area contributed by atoms with Crippen molar-refractivity contribution in [3.8, 4) is 5.75 Å². The maximum absolute atomic E-state index is 13.0. The summed E-state index contributed by atoms with van der Waals surface area (Å²) in [5.74, 6) is -0.143. The fraction of sp³-hybridized carbons (Fsp3) is 0.278. The minimum Gasteiger partial charge on any atom is -0.485 e. The number of fused-ring (bicyclic) bond motifs is 1. The Morgan fingerprint density at radius 3 is 2.58 bits per heavy atom. The Kier molecular flexibility index (Phi) is 4.52. The average molecular weight is 441 g/mol. The van der Waals surface area contributed by atoms with Crippen LogP contribution in [0.2, 0.25) is 0 Å². The summed E-state index contributed by atoms with van der Waals surface area (Å²) < 4.78 is 19.9. The quantitative estimate of drug-likeness (QED) is 0.703. The van der Waals surface area contributed by atoms with E-state index in [0.29, 0.717) is 11.3 Å². The molecule has 1 aliphatic rings. The Bertz CT molecular complexity index is 776. The van der Waals surface area contributed by atoms with Gasteiger partial charge in [0.25, 0.3) is 5.91 Å². The molecule has 0 fully saturated rings. The monoisotopic (exact) mass is 441 g/mol. The smallest absolute Gasteiger partial charge is 0.251 e. The Morgan fingerprint density at radius 1 is 1.25 bits per heavy atom. The van der Waals surface area contributed by atoms with Crippen molar-refractivity contribution >= 4 is 28.5 Å². The van der Waals surface area contributed by atoms with E-state index in [1.165, 1.54) is 24.3 Å². The van der Waals surface area contributed by atoms with Crippen molar-refractivity contribution in [3.05, 3.63) is 63.0 Å². The zero-order chi connectivity index (χ0) is 17.5. The maximum atomic E-state index is 13.0. The lowest BCUT2D eigenvalue weighted by Gasteiger charge is -2.42. The summed E-state index contributed by atoms with van der Waals surface area (Å²) in [4.78, 5) is 12.5. The van der Waals surface area contributed by atoms with Gasteiger partial charge in [0.15, 0.2) is 0 Å². The van der Waals surface area contributed by atoms with E-state index in [1.807, 2.05) is 18.2 Å². The third-order valence-corrected chi connectivity index (χ3v) is 4.77. The molecular formula is C18H17FINO3. The molecule has 1 amide bonds. The topological polar surface area (TPSA) is 58.6 Å². The van der Waals surface area contributed by atoms with E-state index in [0.717, 1.165) is 9.13 Å². The molecule has 0 bridgehead atoms. The highest BCUT2D eigenvalue weighted by molar-refractivity contribution is 14.1. The van der Waals surface area contributed by atoms with Crippen molar-refractivity contribution < 1.29 is 19.0 Å². The number of carbonyl (C=O) groups excluding carboxylic acids is 1. The SMILES string of the molecule is CC1(C)Oc2ccc(I)cc2[C@@H](NC(=O)c2ccc(F)cc2)[C@@H]1O. The van der Waals surface area contributed by atoms with E-state index in [9.17, 15) is 14.3 Å². The van der Waals surface area contributed by atoms with Gasteiger partial charge in [-0.15, -0.1) is 0 Å². The van der Waals surface area contributed by atoms with Gasteiger partial charge in [-0.3, -0.25) is 4.79 Å². The molecule has 0 radical (unpaired) electrons. The highest BCUT2D eigenvalue weighted by Gasteiger charge is 2.43. The van der Waals surface area contributed by atoms with Gasteiger partial charge in [-0.2, -0.15) is 0 Å². The molecule has 2 aromatic carbocycles. The Labute approximate surface area is 153 Å². The van der Waals surface area contributed by atoms with Crippen LogP contribution in [0.1, 0.15) is 35.8 Å². The number of ether oxygens (including phenoxy) is 1. The summed E-state index contributed by atoms with van der Waals surface area (Å²) in [6.45, 7) is 3.55. The van der Waals surface area contributed by atoms with E-state index in [-0.39, 0.29) is 5.91 Å². The van der Waals surface area contributed by atoms with Crippen LogP contribution in [-0.2, 0) is 0 Å². The van der Waals surface area contributed by atoms with Crippen LogP contribution in [0.4, 0.5) is 4.39 Å². The van der Waals surface area contributed by atoms with Gasteiger partial charge >= 0.3 is 0 Å². The molecule has 2 N–H and O–H groups in total. The van der Waals surface area contributed by atoms with E-state index >= 15 is 0 Å². The van der Waals surface area contributed by atoms with Crippen molar-refractivity contribution in [1.29, 1.82) is 0 Å². The summed E-state index contributed by atoms with van der Waals surface area (Å²) in [6.07, 6.45) is -0.924. The number of carbonyl (C=O) groups is 1. The summed E-state index contributed by atoms with van der Waals surface area (Å²) in [5.41, 5.74) is 0.213. The molecule has 3 rings (SSSR count). The van der Waals surface area contributed by atoms with Gasteiger partial charge in [-0.1, -0.05) is 0 Å². The van der Waals surface area contributed by atoms with Crippen LogP contribution in [0.25, 0.3) is 0 Å². The standard InChI is InChI=1S/C18H17FINO3/c1-18(2)16(22)15(13-9-12(20)7-8-14(13)24-18)21-17(23)10-3-5-11(19)6-4-10/h3-9,15-16,22H,1-2H3,(H,21,23)/t15-,16+/m1/s1. The largest absolute Gasteiger partial charge is 0.485 e. The average Bonchev–Trinajstić information content (AvgIpc) is 2.53. The third-order valence-electron chi connectivity index (χ3n) is 4.10. The van der Waals surface area contributed by atoms with Gasteiger partial charge < -0.3 is 15.2 Å². The molecule has 0 spiro atoms. The number of aliphatic hydroxyl groups excluding tert-OH is 1. The molecule has 0 saturated carbocycles. The van der Waals surface area contributed by atoms with Crippen molar-refractivity contribution in [3.63, 3.8) is 0 Å². The van der Waals surface area contributed by atoms with Gasteiger partial charge in [0, 0.05) is 14.7 Å². The maximum Gasteiger partial charge on any atom is 0.251 e. The molecule has 0 aliphatic carbocycles. The fourth-order valence-electron chi connectivity index (χ4n) is 2.75. The molecule has 4 nitrogen and oxygen atoms in total. The first kappa shape index (κ1) is 17.2. The van der Waals surface area contributed by atoms with Crippen LogP contribution in [0, 0.1) is 9.39 Å². The molecular weight excluding hydrogens is 424 g/mol. The van der Waals surface area contributed by atoms with Crippen LogP contribution in [0.3, 0.4) is 0 Å². The van der Waals surface area contributed by atoms with Crippen molar-refractivity contribution in [2.24, 2.45) is 0 Å². The minimum absolute atomic E-state index is 0.333. The number of nitrogens with one attached hydrogen (secondary N) is 1. The Balaban J connectivity index is 1.95. The van der Waals surface area contributed by atoms with Crippen LogP contribution in [0.5, 0.6) is 5.75 Å². The predicted molar refractivity (Wildman–Crippen MR) is 96.5 cm³/mol. The molecule has 6 heteroatoms. The predicted octanol–water partition coefficient (Wildman–Crippen LogP) is 3.43. The van der Waals surface area contributed by atoms with Crippen LogP contribution in [0.15, 0.2) is 42.5 Å². The van der Waals surface area contributed by atoms with Crippen LogP contribution < -0.4 is 10.1 Å². The zero-order valence-corrected chi connectivity index (χ0v) is 15.4. The lowest BCUT2D eigenvalue weighted by molar-refractivity contribution is -0.0628. The summed E-state index contributed by atoms with van der Waals surface area (Å²) in [5, 5.41) is 13.5. The first-order valence-corrected chi connectivity index (χ1v) is 8.59. The molecule has 1 aliphatic heterocycles. The number of aliphatic hydroxyl groups is 1. The van der Waals surface area contributed by atoms with Gasteiger partial charge in [0.2, 0.25) is 0 Å². The summed E-state index contributed by atoms with van der Waals surface area (Å²) >= 11 is 2.17. The van der Waals surface area contributed by atoms with E-state index in [1.54, 1.807) is 13.8 Å². The first-order valence-electron chi connectivity index (χ1n) is 7.51. The van der Waals surface area contributed by atoms with Crippen molar-refractivity contribution in [2.45, 2.75) is 31.6 Å².